The highest BCUT2D eigenvalue weighted by atomic mass is 32.2. The molecule has 0 aliphatic rings. The SMILES string of the molecule is CCOc1cccc(S(=O)(=O)Nc2ccc3oc(CCOC)nc3c2)c1. The second kappa shape index (κ2) is 7.76. The molecule has 0 fully saturated rings. The van der Waals surface area contributed by atoms with Gasteiger partial charge in [-0.2, -0.15) is 0 Å². The number of nitrogens with zero attached hydrogens (tertiary/aromatic N) is 1. The molecule has 0 atom stereocenters. The van der Waals surface area contributed by atoms with Crippen molar-refractivity contribution in [3.63, 3.8) is 0 Å². The van der Waals surface area contributed by atoms with Crippen molar-refractivity contribution in [3.8, 4) is 5.75 Å². The van der Waals surface area contributed by atoms with E-state index >= 15 is 0 Å². The molecule has 0 saturated heterocycles. The summed E-state index contributed by atoms with van der Waals surface area (Å²) >= 11 is 0. The Morgan fingerprint density at radius 1 is 1.19 bits per heavy atom. The van der Waals surface area contributed by atoms with Gasteiger partial charge in [-0.3, -0.25) is 4.72 Å². The minimum Gasteiger partial charge on any atom is -0.494 e. The molecular formula is C18H20N2O5S. The molecule has 0 spiro atoms. The third-order valence-corrected chi connectivity index (χ3v) is 5.01. The quantitative estimate of drug-likeness (QED) is 0.649. The first-order valence-electron chi connectivity index (χ1n) is 8.16. The summed E-state index contributed by atoms with van der Waals surface area (Å²) in [5.41, 5.74) is 1.59. The smallest absolute Gasteiger partial charge is 0.262 e. The average Bonchev–Trinajstić information content (AvgIpc) is 3.02. The van der Waals surface area contributed by atoms with Crippen LogP contribution in [0.4, 0.5) is 5.69 Å². The van der Waals surface area contributed by atoms with Crippen LogP contribution < -0.4 is 9.46 Å². The third kappa shape index (κ3) is 4.14. The molecule has 0 amide bonds. The van der Waals surface area contributed by atoms with Crippen molar-refractivity contribution in [2.24, 2.45) is 0 Å². The number of aromatic nitrogens is 1. The zero-order valence-corrected chi connectivity index (χ0v) is 15.4. The number of benzene rings is 2. The van der Waals surface area contributed by atoms with Crippen molar-refractivity contribution in [2.45, 2.75) is 18.2 Å². The highest BCUT2D eigenvalue weighted by molar-refractivity contribution is 7.92. The van der Waals surface area contributed by atoms with Crippen LogP contribution >= 0.6 is 0 Å². The van der Waals surface area contributed by atoms with E-state index in [0.717, 1.165) is 0 Å². The molecule has 3 rings (SSSR count). The molecular weight excluding hydrogens is 356 g/mol. The van der Waals surface area contributed by atoms with Crippen LogP contribution in [-0.2, 0) is 21.2 Å². The standard InChI is InChI=1S/C18H20N2O5S/c1-3-24-14-5-4-6-15(12-14)26(21,22)20-13-7-8-17-16(11-13)19-18(25-17)9-10-23-2/h4-8,11-12,20H,3,9-10H2,1-2H3. The van der Waals surface area contributed by atoms with E-state index in [9.17, 15) is 8.42 Å². The lowest BCUT2D eigenvalue weighted by molar-refractivity contribution is 0.196. The molecule has 0 saturated carbocycles. The molecule has 1 N–H and O–H groups in total. The van der Waals surface area contributed by atoms with Crippen LogP contribution in [0.2, 0.25) is 0 Å². The van der Waals surface area contributed by atoms with Gasteiger partial charge in [0.2, 0.25) is 0 Å². The Labute approximate surface area is 152 Å². The van der Waals surface area contributed by atoms with Gasteiger partial charge in [0, 0.05) is 19.6 Å². The monoisotopic (exact) mass is 376 g/mol. The molecule has 0 aliphatic heterocycles. The molecule has 7 nitrogen and oxygen atoms in total. The predicted octanol–water partition coefficient (Wildman–Crippen LogP) is 3.22. The largest absolute Gasteiger partial charge is 0.494 e. The van der Waals surface area contributed by atoms with E-state index < -0.39 is 10.0 Å². The van der Waals surface area contributed by atoms with Gasteiger partial charge in [-0.25, -0.2) is 13.4 Å². The van der Waals surface area contributed by atoms with Crippen LogP contribution in [0.15, 0.2) is 51.8 Å². The number of anilines is 1. The van der Waals surface area contributed by atoms with Gasteiger partial charge < -0.3 is 13.9 Å². The van der Waals surface area contributed by atoms with E-state index in [2.05, 4.69) is 9.71 Å². The molecule has 2 aromatic carbocycles. The van der Waals surface area contributed by atoms with Crippen molar-refractivity contribution in [1.29, 1.82) is 0 Å². The number of ether oxygens (including phenoxy) is 2. The van der Waals surface area contributed by atoms with E-state index in [0.29, 0.717) is 48.1 Å². The summed E-state index contributed by atoms with van der Waals surface area (Å²) in [5, 5.41) is 0. The Morgan fingerprint density at radius 2 is 2.04 bits per heavy atom. The number of rotatable bonds is 8. The first-order valence-corrected chi connectivity index (χ1v) is 9.64. The van der Waals surface area contributed by atoms with Gasteiger partial charge in [-0.1, -0.05) is 6.07 Å². The second-order valence-electron chi connectivity index (χ2n) is 5.55. The van der Waals surface area contributed by atoms with Crippen LogP contribution in [0.3, 0.4) is 0 Å². The van der Waals surface area contributed by atoms with Crippen LogP contribution in [0.1, 0.15) is 12.8 Å². The minimum atomic E-state index is -3.74. The molecule has 26 heavy (non-hydrogen) atoms. The Balaban J connectivity index is 1.83. The van der Waals surface area contributed by atoms with Gasteiger partial charge >= 0.3 is 0 Å². The van der Waals surface area contributed by atoms with Gasteiger partial charge in [0.05, 0.1) is 23.8 Å². The molecule has 0 unspecified atom stereocenters. The predicted molar refractivity (Wildman–Crippen MR) is 98.0 cm³/mol. The number of sulfonamides is 1. The lowest BCUT2D eigenvalue weighted by Gasteiger charge is -2.09. The number of hydrogen-bond donors (Lipinski definition) is 1. The third-order valence-electron chi connectivity index (χ3n) is 3.63. The van der Waals surface area contributed by atoms with Crippen LogP contribution in [0.5, 0.6) is 5.75 Å². The Hall–Kier alpha value is -2.58. The van der Waals surface area contributed by atoms with E-state index in [4.69, 9.17) is 13.9 Å². The van der Waals surface area contributed by atoms with Gasteiger partial charge in [0.25, 0.3) is 10.0 Å². The van der Waals surface area contributed by atoms with Crippen molar-refractivity contribution < 1.29 is 22.3 Å². The lowest BCUT2D eigenvalue weighted by atomic mass is 10.3. The molecule has 1 aromatic heterocycles. The zero-order valence-electron chi connectivity index (χ0n) is 14.6. The zero-order chi connectivity index (χ0) is 18.6. The summed E-state index contributed by atoms with van der Waals surface area (Å²) in [6.07, 6.45) is 0.552. The van der Waals surface area contributed by atoms with Gasteiger partial charge in [-0.15, -0.1) is 0 Å². The average molecular weight is 376 g/mol. The van der Waals surface area contributed by atoms with Crippen molar-refractivity contribution in [1.82, 2.24) is 4.98 Å². The molecule has 0 aliphatic carbocycles. The fourth-order valence-corrected chi connectivity index (χ4v) is 3.53. The maximum absolute atomic E-state index is 12.6. The van der Waals surface area contributed by atoms with Crippen LogP contribution in [0.25, 0.3) is 11.1 Å². The number of methoxy groups -OCH3 is 1. The summed E-state index contributed by atoms with van der Waals surface area (Å²) in [5.74, 6) is 1.05. The van der Waals surface area contributed by atoms with E-state index in [1.807, 2.05) is 6.92 Å². The minimum absolute atomic E-state index is 0.129. The summed E-state index contributed by atoms with van der Waals surface area (Å²) < 4.78 is 43.7. The van der Waals surface area contributed by atoms with Crippen molar-refractivity contribution >= 4 is 26.8 Å². The normalized spacial score (nSPS) is 11.6. The Morgan fingerprint density at radius 3 is 2.81 bits per heavy atom. The topological polar surface area (TPSA) is 90.7 Å². The van der Waals surface area contributed by atoms with Crippen LogP contribution in [-0.4, -0.2) is 33.7 Å². The Kier molecular flexibility index (Phi) is 5.43. The lowest BCUT2D eigenvalue weighted by Crippen LogP contribution is -2.13. The van der Waals surface area contributed by atoms with Gasteiger partial charge in [0.1, 0.15) is 11.3 Å². The summed E-state index contributed by atoms with van der Waals surface area (Å²) in [6, 6.07) is 11.3. The molecule has 1 heterocycles. The number of fused-ring (bicyclic) bond motifs is 1. The fourth-order valence-electron chi connectivity index (χ4n) is 2.45. The first-order chi connectivity index (χ1) is 12.5. The Bertz CT molecular complexity index is 998. The van der Waals surface area contributed by atoms with Gasteiger partial charge in [0.15, 0.2) is 11.5 Å². The maximum atomic E-state index is 12.6. The fraction of sp³-hybridized carbons (Fsp3) is 0.278. The van der Waals surface area contributed by atoms with Crippen molar-refractivity contribution in [3.05, 3.63) is 48.4 Å². The van der Waals surface area contributed by atoms with E-state index in [1.165, 1.54) is 12.1 Å². The molecule has 138 valence electrons. The first kappa shape index (κ1) is 18.2. The second-order valence-corrected chi connectivity index (χ2v) is 7.23. The molecule has 0 bridgehead atoms. The summed E-state index contributed by atoms with van der Waals surface area (Å²) in [4.78, 5) is 4.48. The molecule has 0 radical (unpaired) electrons. The van der Waals surface area contributed by atoms with Crippen molar-refractivity contribution in [2.75, 3.05) is 25.0 Å². The maximum Gasteiger partial charge on any atom is 0.262 e. The number of hydrogen-bond acceptors (Lipinski definition) is 6. The number of oxazole rings is 1. The number of nitrogens with one attached hydrogen (secondary N) is 1. The van der Waals surface area contributed by atoms with Gasteiger partial charge in [-0.05, 0) is 37.3 Å². The summed E-state index contributed by atoms with van der Waals surface area (Å²) in [7, 11) is -2.13. The van der Waals surface area contributed by atoms with Crippen LogP contribution in [0, 0.1) is 0 Å². The highest BCUT2D eigenvalue weighted by Crippen LogP contribution is 2.24. The molecule has 8 heteroatoms. The van der Waals surface area contributed by atoms with E-state index in [-0.39, 0.29) is 4.90 Å². The van der Waals surface area contributed by atoms with E-state index in [1.54, 1.807) is 37.4 Å². The summed E-state index contributed by atoms with van der Waals surface area (Å²) in [6.45, 7) is 2.81. The highest BCUT2D eigenvalue weighted by Gasteiger charge is 2.16. The molecule has 3 aromatic rings.